The number of carbonyl (C=O) groups is 1. The summed E-state index contributed by atoms with van der Waals surface area (Å²) >= 11 is 0. The van der Waals surface area contributed by atoms with Crippen molar-refractivity contribution in [3.8, 4) is 5.75 Å². The molecule has 6 heteroatoms. The molecule has 0 unspecified atom stereocenters. The molecule has 2 rings (SSSR count). The van der Waals surface area contributed by atoms with Crippen LogP contribution in [-0.2, 0) is 14.4 Å². The van der Waals surface area contributed by atoms with Crippen molar-refractivity contribution in [2.75, 3.05) is 46.1 Å². The lowest BCUT2D eigenvalue weighted by Crippen LogP contribution is -2.39. The van der Waals surface area contributed by atoms with E-state index in [0.717, 1.165) is 32.8 Å². The molecule has 6 nitrogen and oxygen atoms in total. The highest BCUT2D eigenvalue weighted by molar-refractivity contribution is 5.76. The Morgan fingerprint density at radius 1 is 1.25 bits per heavy atom. The zero-order valence-electron chi connectivity index (χ0n) is 11.4. The molecule has 1 fully saturated rings. The first kappa shape index (κ1) is 14.8. The van der Waals surface area contributed by atoms with Crippen LogP contribution in [-0.4, -0.2) is 56.9 Å². The van der Waals surface area contributed by atoms with E-state index in [-0.39, 0.29) is 12.5 Å². The Hall–Kier alpha value is -1.63. The third-order valence-corrected chi connectivity index (χ3v) is 2.91. The smallest absolute Gasteiger partial charge is 0.281 e. The summed E-state index contributed by atoms with van der Waals surface area (Å²) in [6, 6.07) is 9.19. The lowest BCUT2D eigenvalue weighted by atomic mass is 10.3. The van der Waals surface area contributed by atoms with Gasteiger partial charge in [0.1, 0.15) is 5.75 Å². The minimum Gasteiger partial charge on any atom is -0.484 e. The summed E-state index contributed by atoms with van der Waals surface area (Å²) in [5, 5.41) is 0. The summed E-state index contributed by atoms with van der Waals surface area (Å²) < 4.78 is 10.5. The fourth-order valence-electron chi connectivity index (χ4n) is 1.83. The van der Waals surface area contributed by atoms with Crippen molar-refractivity contribution in [1.82, 2.24) is 10.4 Å². The van der Waals surface area contributed by atoms with Gasteiger partial charge < -0.3 is 9.47 Å². The normalized spacial score (nSPS) is 15.8. The van der Waals surface area contributed by atoms with Crippen LogP contribution in [0.1, 0.15) is 0 Å². The molecule has 1 saturated heterocycles. The van der Waals surface area contributed by atoms with Crippen LogP contribution >= 0.6 is 0 Å². The van der Waals surface area contributed by atoms with Crippen molar-refractivity contribution < 1.29 is 19.1 Å². The first-order valence-corrected chi connectivity index (χ1v) is 6.73. The molecule has 0 aromatic heterocycles. The Kier molecular flexibility index (Phi) is 6.30. The van der Waals surface area contributed by atoms with E-state index in [2.05, 4.69) is 10.4 Å². The molecule has 1 N–H and O–H groups in total. The Bertz CT molecular complexity index is 393. The van der Waals surface area contributed by atoms with Crippen LogP contribution in [0.25, 0.3) is 0 Å². The van der Waals surface area contributed by atoms with Crippen LogP contribution in [0.15, 0.2) is 30.3 Å². The number of para-hydroxylation sites is 1. The maximum atomic E-state index is 11.5. The van der Waals surface area contributed by atoms with Crippen LogP contribution in [0.5, 0.6) is 5.75 Å². The quantitative estimate of drug-likeness (QED) is 0.580. The van der Waals surface area contributed by atoms with E-state index in [1.165, 1.54) is 0 Å². The van der Waals surface area contributed by atoms with E-state index in [4.69, 9.17) is 14.3 Å². The molecule has 1 heterocycles. The fourth-order valence-corrected chi connectivity index (χ4v) is 1.83. The van der Waals surface area contributed by atoms with Crippen molar-refractivity contribution in [3.63, 3.8) is 0 Å². The highest BCUT2D eigenvalue weighted by atomic mass is 16.7. The molecule has 1 amide bonds. The Morgan fingerprint density at radius 3 is 2.75 bits per heavy atom. The van der Waals surface area contributed by atoms with E-state index in [1.54, 1.807) is 12.1 Å². The SMILES string of the molecule is O=C(COc1ccccc1)NOCCN1CCOCC1. The summed E-state index contributed by atoms with van der Waals surface area (Å²) in [7, 11) is 0. The summed E-state index contributed by atoms with van der Waals surface area (Å²) in [6.07, 6.45) is 0. The minimum absolute atomic E-state index is 0.0540. The maximum absolute atomic E-state index is 11.5. The predicted octanol–water partition coefficient (Wildman–Crippen LogP) is 0.445. The Morgan fingerprint density at radius 2 is 2.00 bits per heavy atom. The van der Waals surface area contributed by atoms with Crippen molar-refractivity contribution in [1.29, 1.82) is 0 Å². The summed E-state index contributed by atoms with van der Waals surface area (Å²) in [5.74, 6) is 0.367. The van der Waals surface area contributed by atoms with Crippen LogP contribution in [0, 0.1) is 0 Å². The van der Waals surface area contributed by atoms with Crippen LogP contribution in [0.3, 0.4) is 0 Å². The molecule has 20 heavy (non-hydrogen) atoms. The average molecular weight is 280 g/mol. The number of amides is 1. The first-order chi connectivity index (χ1) is 9.84. The number of hydrogen-bond donors (Lipinski definition) is 1. The minimum atomic E-state index is -0.296. The molecule has 1 aliphatic heterocycles. The highest BCUT2D eigenvalue weighted by Crippen LogP contribution is 2.07. The first-order valence-electron chi connectivity index (χ1n) is 6.73. The molecule has 0 atom stereocenters. The molecule has 0 spiro atoms. The Balaban J connectivity index is 1.51. The van der Waals surface area contributed by atoms with Gasteiger partial charge in [0.05, 0.1) is 19.8 Å². The number of morpholine rings is 1. The fraction of sp³-hybridized carbons (Fsp3) is 0.500. The molecule has 1 aromatic rings. The molecule has 0 bridgehead atoms. The predicted molar refractivity (Wildman–Crippen MR) is 73.3 cm³/mol. The van der Waals surface area contributed by atoms with Crippen LogP contribution < -0.4 is 10.2 Å². The number of hydroxylamine groups is 1. The summed E-state index contributed by atoms with van der Waals surface area (Å²) in [5.41, 5.74) is 2.37. The van der Waals surface area contributed by atoms with Gasteiger partial charge in [0.2, 0.25) is 0 Å². The second-order valence-corrected chi connectivity index (χ2v) is 4.43. The molecule has 0 radical (unpaired) electrons. The van der Waals surface area contributed by atoms with Gasteiger partial charge in [0.25, 0.3) is 5.91 Å². The molecular formula is C14H20N2O4. The van der Waals surface area contributed by atoms with E-state index < -0.39 is 0 Å². The highest BCUT2D eigenvalue weighted by Gasteiger charge is 2.10. The lowest BCUT2D eigenvalue weighted by molar-refractivity contribution is -0.136. The molecule has 110 valence electrons. The standard InChI is InChI=1S/C14H20N2O4/c17-14(12-19-13-4-2-1-3-5-13)15-20-11-8-16-6-9-18-10-7-16/h1-5H,6-12H2,(H,15,17). The largest absolute Gasteiger partial charge is 0.484 e. The monoisotopic (exact) mass is 280 g/mol. The number of nitrogens with one attached hydrogen (secondary N) is 1. The molecule has 1 aliphatic rings. The number of ether oxygens (including phenoxy) is 2. The van der Waals surface area contributed by atoms with Gasteiger partial charge in [0.15, 0.2) is 6.61 Å². The third kappa shape index (κ3) is 5.56. The lowest BCUT2D eigenvalue weighted by Gasteiger charge is -2.26. The zero-order valence-corrected chi connectivity index (χ0v) is 11.4. The van der Waals surface area contributed by atoms with Crippen molar-refractivity contribution in [2.24, 2.45) is 0 Å². The summed E-state index contributed by atoms with van der Waals surface area (Å²) in [4.78, 5) is 18.8. The topological polar surface area (TPSA) is 60.0 Å². The van der Waals surface area contributed by atoms with E-state index in [0.29, 0.717) is 12.4 Å². The zero-order chi connectivity index (χ0) is 14.0. The van der Waals surface area contributed by atoms with Crippen molar-refractivity contribution in [2.45, 2.75) is 0 Å². The van der Waals surface area contributed by atoms with Gasteiger partial charge >= 0.3 is 0 Å². The van der Waals surface area contributed by atoms with Gasteiger partial charge in [-0.15, -0.1) is 0 Å². The van der Waals surface area contributed by atoms with Crippen LogP contribution in [0.4, 0.5) is 0 Å². The Labute approximate surface area is 118 Å². The van der Waals surface area contributed by atoms with Gasteiger partial charge in [-0.3, -0.25) is 14.5 Å². The average Bonchev–Trinajstić information content (AvgIpc) is 2.52. The van der Waals surface area contributed by atoms with E-state index in [1.807, 2.05) is 18.2 Å². The number of carbonyl (C=O) groups excluding carboxylic acids is 1. The van der Waals surface area contributed by atoms with Gasteiger partial charge in [-0.1, -0.05) is 18.2 Å². The summed E-state index contributed by atoms with van der Waals surface area (Å²) in [6.45, 7) is 4.53. The van der Waals surface area contributed by atoms with Gasteiger partial charge in [-0.25, -0.2) is 5.48 Å². The molecule has 1 aromatic carbocycles. The van der Waals surface area contributed by atoms with Gasteiger partial charge in [-0.2, -0.15) is 0 Å². The van der Waals surface area contributed by atoms with Crippen molar-refractivity contribution in [3.05, 3.63) is 30.3 Å². The maximum Gasteiger partial charge on any atom is 0.281 e. The number of nitrogens with zero attached hydrogens (tertiary/aromatic N) is 1. The van der Waals surface area contributed by atoms with Gasteiger partial charge in [-0.05, 0) is 12.1 Å². The number of benzene rings is 1. The van der Waals surface area contributed by atoms with E-state index in [9.17, 15) is 4.79 Å². The second kappa shape index (κ2) is 8.52. The van der Waals surface area contributed by atoms with Crippen LogP contribution in [0.2, 0.25) is 0 Å². The molecule has 0 aliphatic carbocycles. The molecular weight excluding hydrogens is 260 g/mol. The third-order valence-electron chi connectivity index (χ3n) is 2.91. The number of hydrogen-bond acceptors (Lipinski definition) is 5. The number of rotatable bonds is 7. The molecule has 0 saturated carbocycles. The van der Waals surface area contributed by atoms with E-state index >= 15 is 0 Å². The van der Waals surface area contributed by atoms with Gasteiger partial charge in [0, 0.05) is 19.6 Å². The second-order valence-electron chi connectivity index (χ2n) is 4.43. The van der Waals surface area contributed by atoms with Crippen molar-refractivity contribution >= 4 is 5.91 Å².